The van der Waals surface area contributed by atoms with Crippen LogP contribution in [0.25, 0.3) is 0 Å². The zero-order chi connectivity index (χ0) is 11.5. The van der Waals surface area contributed by atoms with Crippen molar-refractivity contribution in [3.8, 4) is 0 Å². The van der Waals surface area contributed by atoms with Gasteiger partial charge in [-0.3, -0.25) is 4.79 Å². The van der Waals surface area contributed by atoms with E-state index in [2.05, 4.69) is 4.98 Å². The number of carbonyl (C=O) groups excluding carboxylic acids is 1. The minimum absolute atomic E-state index is 0.0472. The number of amides is 1. The van der Waals surface area contributed by atoms with Gasteiger partial charge in [-0.1, -0.05) is 11.6 Å². The number of nitrogens with zero attached hydrogens (tertiary/aromatic N) is 2. The van der Waals surface area contributed by atoms with Crippen LogP contribution < -0.4 is 5.73 Å². The molecule has 1 unspecified atom stereocenters. The normalized spacial score (nSPS) is 20.1. The van der Waals surface area contributed by atoms with E-state index in [9.17, 15) is 4.79 Å². The molecule has 16 heavy (non-hydrogen) atoms. The summed E-state index contributed by atoms with van der Waals surface area (Å²) in [5.41, 5.74) is 6.06. The molecule has 86 valence electrons. The van der Waals surface area contributed by atoms with Crippen LogP contribution >= 0.6 is 11.6 Å². The van der Waals surface area contributed by atoms with Gasteiger partial charge >= 0.3 is 0 Å². The number of carbonyl (C=O) groups is 1. The third-order valence-corrected chi connectivity index (χ3v) is 3.20. The van der Waals surface area contributed by atoms with Crippen LogP contribution in [0.1, 0.15) is 16.8 Å². The Bertz CT molecular complexity index is 397. The van der Waals surface area contributed by atoms with Crippen LogP contribution in [0.4, 0.5) is 0 Å². The lowest BCUT2D eigenvalue weighted by molar-refractivity contribution is 0.0787. The highest BCUT2D eigenvalue weighted by atomic mass is 35.5. The minimum atomic E-state index is -0.0472. The number of pyridine rings is 1. The maximum Gasteiger partial charge on any atom is 0.256 e. The molecule has 1 aromatic rings. The smallest absolute Gasteiger partial charge is 0.256 e. The average Bonchev–Trinajstić information content (AvgIpc) is 2.77. The first kappa shape index (κ1) is 11.4. The molecule has 5 heteroatoms. The molecular formula is C11H14ClN3O. The predicted molar refractivity (Wildman–Crippen MR) is 62.3 cm³/mol. The van der Waals surface area contributed by atoms with Gasteiger partial charge in [0.2, 0.25) is 0 Å². The molecule has 2 N–H and O–H groups in total. The fraction of sp³-hybridized carbons (Fsp3) is 0.455. The molecule has 0 saturated carbocycles. The van der Waals surface area contributed by atoms with E-state index in [-0.39, 0.29) is 11.1 Å². The second-order valence-corrected chi connectivity index (χ2v) is 4.34. The van der Waals surface area contributed by atoms with Gasteiger partial charge in [0.1, 0.15) is 5.15 Å². The lowest BCUT2D eigenvalue weighted by Crippen LogP contribution is -2.30. The van der Waals surface area contributed by atoms with E-state index in [0.717, 1.165) is 19.5 Å². The second-order valence-electron chi connectivity index (χ2n) is 3.98. The molecule has 0 spiro atoms. The van der Waals surface area contributed by atoms with Crippen LogP contribution in [0.5, 0.6) is 0 Å². The van der Waals surface area contributed by atoms with Crippen LogP contribution in [0.2, 0.25) is 5.15 Å². The third-order valence-electron chi connectivity index (χ3n) is 2.90. The molecule has 1 aromatic heterocycles. The molecule has 2 heterocycles. The number of likely N-dealkylation sites (tertiary alicyclic amines) is 1. The summed E-state index contributed by atoms with van der Waals surface area (Å²) in [7, 11) is 0. The maximum atomic E-state index is 12.1. The Balaban J connectivity index is 2.12. The summed E-state index contributed by atoms with van der Waals surface area (Å²) in [5, 5.41) is 0.267. The molecule has 0 aromatic carbocycles. The van der Waals surface area contributed by atoms with Crippen LogP contribution in [0.3, 0.4) is 0 Å². The zero-order valence-corrected chi connectivity index (χ0v) is 9.65. The standard InChI is InChI=1S/C11H14ClN3O/c12-10-9(2-1-4-14-10)11(16)15-5-3-8(6-13)7-15/h1-2,4,8H,3,5-7,13H2. The van der Waals surface area contributed by atoms with Gasteiger partial charge in [-0.15, -0.1) is 0 Å². The van der Waals surface area contributed by atoms with Gasteiger partial charge < -0.3 is 10.6 Å². The van der Waals surface area contributed by atoms with E-state index in [1.54, 1.807) is 23.2 Å². The quantitative estimate of drug-likeness (QED) is 0.788. The van der Waals surface area contributed by atoms with E-state index in [1.165, 1.54) is 0 Å². The van der Waals surface area contributed by atoms with Crippen molar-refractivity contribution in [3.63, 3.8) is 0 Å². The van der Waals surface area contributed by atoms with Gasteiger partial charge in [0.15, 0.2) is 0 Å². The Morgan fingerprint density at radius 1 is 1.69 bits per heavy atom. The van der Waals surface area contributed by atoms with Crippen LogP contribution in [0, 0.1) is 5.92 Å². The van der Waals surface area contributed by atoms with E-state index >= 15 is 0 Å². The fourth-order valence-electron chi connectivity index (χ4n) is 1.93. The number of hydrogen-bond acceptors (Lipinski definition) is 3. The summed E-state index contributed by atoms with van der Waals surface area (Å²) < 4.78 is 0. The molecule has 0 radical (unpaired) electrons. The zero-order valence-electron chi connectivity index (χ0n) is 8.90. The van der Waals surface area contributed by atoms with Gasteiger partial charge in [0, 0.05) is 19.3 Å². The van der Waals surface area contributed by atoms with Gasteiger partial charge in [-0.2, -0.15) is 0 Å². The highest BCUT2D eigenvalue weighted by molar-refractivity contribution is 6.32. The summed E-state index contributed by atoms with van der Waals surface area (Å²) in [6.45, 7) is 2.11. The number of rotatable bonds is 2. The summed E-state index contributed by atoms with van der Waals surface area (Å²) >= 11 is 5.88. The molecule has 0 aliphatic carbocycles. The Morgan fingerprint density at radius 3 is 3.12 bits per heavy atom. The molecule has 1 amide bonds. The SMILES string of the molecule is NCC1CCN(C(=O)c2cccnc2Cl)C1. The highest BCUT2D eigenvalue weighted by Crippen LogP contribution is 2.20. The van der Waals surface area contributed by atoms with Crippen molar-refractivity contribution in [3.05, 3.63) is 29.0 Å². The monoisotopic (exact) mass is 239 g/mol. The van der Waals surface area contributed by atoms with Gasteiger partial charge in [0.05, 0.1) is 5.56 Å². The van der Waals surface area contributed by atoms with Crippen molar-refractivity contribution in [2.24, 2.45) is 11.7 Å². The summed E-state index contributed by atoms with van der Waals surface area (Å²) in [4.78, 5) is 17.8. The molecule has 1 aliphatic rings. The van der Waals surface area contributed by atoms with Gasteiger partial charge in [-0.05, 0) is 31.0 Å². The van der Waals surface area contributed by atoms with Crippen molar-refractivity contribution >= 4 is 17.5 Å². The number of halogens is 1. The van der Waals surface area contributed by atoms with Crippen LogP contribution in [-0.4, -0.2) is 35.4 Å². The molecular weight excluding hydrogens is 226 g/mol. The van der Waals surface area contributed by atoms with E-state index in [0.29, 0.717) is 18.0 Å². The molecule has 1 fully saturated rings. The first-order valence-corrected chi connectivity index (χ1v) is 5.70. The molecule has 0 bridgehead atoms. The summed E-state index contributed by atoms with van der Waals surface area (Å²) in [6, 6.07) is 3.42. The average molecular weight is 240 g/mol. The fourth-order valence-corrected chi connectivity index (χ4v) is 2.13. The first-order chi connectivity index (χ1) is 7.72. The molecule has 1 aliphatic heterocycles. The van der Waals surface area contributed by atoms with Gasteiger partial charge in [0.25, 0.3) is 5.91 Å². The molecule has 1 atom stereocenters. The Labute approximate surface area is 99.4 Å². The van der Waals surface area contributed by atoms with Crippen molar-refractivity contribution in [1.29, 1.82) is 0 Å². The summed E-state index contributed by atoms with van der Waals surface area (Å²) in [6.07, 6.45) is 2.55. The molecule has 2 rings (SSSR count). The maximum absolute atomic E-state index is 12.1. The van der Waals surface area contributed by atoms with Gasteiger partial charge in [-0.25, -0.2) is 4.98 Å². The Kier molecular flexibility index (Phi) is 3.41. The van der Waals surface area contributed by atoms with E-state index in [4.69, 9.17) is 17.3 Å². The van der Waals surface area contributed by atoms with Crippen molar-refractivity contribution in [2.75, 3.05) is 19.6 Å². The number of aromatic nitrogens is 1. The second kappa shape index (κ2) is 4.80. The van der Waals surface area contributed by atoms with Crippen LogP contribution in [-0.2, 0) is 0 Å². The van der Waals surface area contributed by atoms with Crippen LogP contribution in [0.15, 0.2) is 18.3 Å². The summed E-state index contributed by atoms with van der Waals surface area (Å²) in [5.74, 6) is 0.369. The van der Waals surface area contributed by atoms with Crippen molar-refractivity contribution < 1.29 is 4.79 Å². The first-order valence-electron chi connectivity index (χ1n) is 5.32. The number of nitrogens with two attached hydrogens (primary N) is 1. The minimum Gasteiger partial charge on any atom is -0.338 e. The predicted octanol–water partition coefficient (Wildman–Crippen LogP) is 1.16. The number of hydrogen-bond donors (Lipinski definition) is 1. The third kappa shape index (κ3) is 2.18. The van der Waals surface area contributed by atoms with E-state index in [1.807, 2.05) is 0 Å². The highest BCUT2D eigenvalue weighted by Gasteiger charge is 2.27. The van der Waals surface area contributed by atoms with Crippen molar-refractivity contribution in [2.45, 2.75) is 6.42 Å². The molecule has 4 nitrogen and oxygen atoms in total. The largest absolute Gasteiger partial charge is 0.338 e. The topological polar surface area (TPSA) is 59.2 Å². The van der Waals surface area contributed by atoms with E-state index < -0.39 is 0 Å². The Morgan fingerprint density at radius 2 is 2.50 bits per heavy atom. The molecule has 1 saturated heterocycles. The Hall–Kier alpha value is -1.13. The van der Waals surface area contributed by atoms with Crippen molar-refractivity contribution in [1.82, 2.24) is 9.88 Å². The lowest BCUT2D eigenvalue weighted by atomic mass is 10.1. The lowest BCUT2D eigenvalue weighted by Gasteiger charge is -2.16.